The fourth-order valence-corrected chi connectivity index (χ4v) is 1.71. The van der Waals surface area contributed by atoms with Crippen molar-refractivity contribution in [2.45, 2.75) is 25.9 Å². The molecule has 1 aromatic carbocycles. The van der Waals surface area contributed by atoms with Gasteiger partial charge in [0.05, 0.1) is 6.61 Å². The molecule has 1 aromatic rings. The second kappa shape index (κ2) is 6.37. The third-order valence-corrected chi connectivity index (χ3v) is 2.67. The summed E-state index contributed by atoms with van der Waals surface area (Å²) in [6, 6.07) is 8.63. The second-order valence-corrected chi connectivity index (χ2v) is 4.24. The SMILES string of the molecule is CC(C)N(CCO)C(=O)C(N)c1ccccc1. The first kappa shape index (κ1) is 13.7. The van der Waals surface area contributed by atoms with E-state index in [1.807, 2.05) is 44.2 Å². The third kappa shape index (κ3) is 3.54. The molecule has 1 atom stereocenters. The van der Waals surface area contributed by atoms with Gasteiger partial charge in [-0.2, -0.15) is 0 Å². The van der Waals surface area contributed by atoms with Crippen LogP contribution in [0.3, 0.4) is 0 Å². The molecule has 0 spiro atoms. The van der Waals surface area contributed by atoms with E-state index in [-0.39, 0.29) is 18.6 Å². The van der Waals surface area contributed by atoms with Crippen LogP contribution in [0.4, 0.5) is 0 Å². The molecular weight excluding hydrogens is 216 g/mol. The Kier molecular flexibility index (Phi) is 5.12. The summed E-state index contributed by atoms with van der Waals surface area (Å²) in [5.74, 6) is -0.153. The standard InChI is InChI=1S/C13H20N2O2/c1-10(2)15(8-9-16)13(17)12(14)11-6-4-3-5-7-11/h3-7,10,12,16H,8-9,14H2,1-2H3. The molecule has 0 saturated carbocycles. The Morgan fingerprint density at radius 1 is 1.35 bits per heavy atom. The average Bonchev–Trinajstić information content (AvgIpc) is 2.35. The van der Waals surface area contributed by atoms with Gasteiger partial charge in [0, 0.05) is 12.6 Å². The van der Waals surface area contributed by atoms with Gasteiger partial charge in [-0.25, -0.2) is 0 Å². The summed E-state index contributed by atoms with van der Waals surface area (Å²) in [5, 5.41) is 8.95. The lowest BCUT2D eigenvalue weighted by Gasteiger charge is -2.28. The molecule has 0 heterocycles. The topological polar surface area (TPSA) is 66.6 Å². The number of aliphatic hydroxyl groups excluding tert-OH is 1. The van der Waals surface area contributed by atoms with Crippen LogP contribution in [0.15, 0.2) is 30.3 Å². The molecule has 0 bridgehead atoms. The molecule has 1 rings (SSSR count). The molecule has 0 fully saturated rings. The summed E-state index contributed by atoms with van der Waals surface area (Å²) < 4.78 is 0. The van der Waals surface area contributed by atoms with E-state index in [4.69, 9.17) is 10.8 Å². The highest BCUT2D eigenvalue weighted by atomic mass is 16.3. The molecule has 0 aliphatic rings. The van der Waals surface area contributed by atoms with Crippen molar-refractivity contribution in [2.75, 3.05) is 13.2 Å². The van der Waals surface area contributed by atoms with Crippen LogP contribution in [-0.4, -0.2) is 35.1 Å². The van der Waals surface area contributed by atoms with E-state index >= 15 is 0 Å². The Balaban J connectivity index is 2.80. The Labute approximate surface area is 102 Å². The molecule has 0 aromatic heterocycles. The van der Waals surface area contributed by atoms with Crippen LogP contribution in [0.5, 0.6) is 0 Å². The van der Waals surface area contributed by atoms with Crippen molar-refractivity contribution in [1.82, 2.24) is 4.90 Å². The first-order valence-corrected chi connectivity index (χ1v) is 5.79. The predicted molar refractivity (Wildman–Crippen MR) is 67.3 cm³/mol. The van der Waals surface area contributed by atoms with Crippen molar-refractivity contribution in [3.8, 4) is 0 Å². The quantitative estimate of drug-likeness (QED) is 0.798. The van der Waals surface area contributed by atoms with Crippen molar-refractivity contribution < 1.29 is 9.90 Å². The van der Waals surface area contributed by atoms with Gasteiger partial charge in [-0.15, -0.1) is 0 Å². The zero-order chi connectivity index (χ0) is 12.8. The first-order chi connectivity index (χ1) is 8.07. The van der Waals surface area contributed by atoms with Crippen LogP contribution in [0, 0.1) is 0 Å². The molecule has 3 N–H and O–H groups in total. The first-order valence-electron chi connectivity index (χ1n) is 5.79. The van der Waals surface area contributed by atoms with Crippen molar-refractivity contribution in [3.63, 3.8) is 0 Å². The van der Waals surface area contributed by atoms with Crippen LogP contribution in [0.1, 0.15) is 25.5 Å². The molecule has 0 aliphatic heterocycles. The largest absolute Gasteiger partial charge is 0.395 e. The fourth-order valence-electron chi connectivity index (χ4n) is 1.71. The number of amides is 1. The molecule has 4 nitrogen and oxygen atoms in total. The van der Waals surface area contributed by atoms with E-state index in [9.17, 15) is 4.79 Å². The Morgan fingerprint density at radius 2 is 1.94 bits per heavy atom. The molecule has 1 unspecified atom stereocenters. The van der Waals surface area contributed by atoms with Gasteiger partial charge in [0.1, 0.15) is 6.04 Å². The maximum absolute atomic E-state index is 12.2. The van der Waals surface area contributed by atoms with Crippen molar-refractivity contribution in [1.29, 1.82) is 0 Å². The number of benzene rings is 1. The lowest BCUT2D eigenvalue weighted by molar-refractivity contribution is -0.135. The Bertz CT molecular complexity index is 352. The van der Waals surface area contributed by atoms with Crippen molar-refractivity contribution in [2.24, 2.45) is 5.73 Å². The monoisotopic (exact) mass is 236 g/mol. The fraction of sp³-hybridized carbons (Fsp3) is 0.462. The summed E-state index contributed by atoms with van der Waals surface area (Å²) in [6.07, 6.45) is 0. The number of hydrogen-bond donors (Lipinski definition) is 2. The van der Waals surface area contributed by atoms with Crippen molar-refractivity contribution >= 4 is 5.91 Å². The molecule has 17 heavy (non-hydrogen) atoms. The number of carbonyl (C=O) groups excluding carboxylic acids is 1. The number of nitrogens with two attached hydrogens (primary N) is 1. The summed E-state index contributed by atoms with van der Waals surface area (Å²) in [5.41, 5.74) is 6.73. The van der Waals surface area contributed by atoms with E-state index in [2.05, 4.69) is 0 Å². The van der Waals surface area contributed by atoms with Crippen LogP contribution in [-0.2, 0) is 4.79 Å². The van der Waals surface area contributed by atoms with Gasteiger partial charge >= 0.3 is 0 Å². The van der Waals surface area contributed by atoms with Crippen LogP contribution >= 0.6 is 0 Å². The number of aliphatic hydroxyl groups is 1. The highest BCUT2D eigenvalue weighted by Gasteiger charge is 2.23. The lowest BCUT2D eigenvalue weighted by atomic mass is 10.1. The van der Waals surface area contributed by atoms with Gasteiger partial charge in [0.2, 0.25) is 5.91 Å². The van der Waals surface area contributed by atoms with E-state index in [1.54, 1.807) is 4.90 Å². The highest BCUT2D eigenvalue weighted by molar-refractivity contribution is 5.83. The van der Waals surface area contributed by atoms with Crippen molar-refractivity contribution in [3.05, 3.63) is 35.9 Å². The maximum atomic E-state index is 12.2. The van der Waals surface area contributed by atoms with E-state index in [1.165, 1.54) is 0 Å². The molecule has 4 heteroatoms. The molecule has 0 aliphatic carbocycles. The summed E-state index contributed by atoms with van der Waals surface area (Å²) in [6.45, 7) is 4.08. The minimum Gasteiger partial charge on any atom is -0.395 e. The Hall–Kier alpha value is -1.39. The minimum absolute atomic E-state index is 0.0319. The van der Waals surface area contributed by atoms with Crippen LogP contribution < -0.4 is 5.73 Å². The summed E-state index contributed by atoms with van der Waals surface area (Å²) in [7, 11) is 0. The normalized spacial score (nSPS) is 12.5. The number of hydrogen-bond acceptors (Lipinski definition) is 3. The predicted octanol–water partition coefficient (Wildman–Crippen LogP) is 0.916. The lowest BCUT2D eigenvalue weighted by Crippen LogP contribution is -2.44. The molecular formula is C13H20N2O2. The highest BCUT2D eigenvalue weighted by Crippen LogP contribution is 2.14. The zero-order valence-corrected chi connectivity index (χ0v) is 10.3. The summed E-state index contributed by atoms with van der Waals surface area (Å²) in [4.78, 5) is 13.8. The van der Waals surface area contributed by atoms with Gasteiger partial charge < -0.3 is 15.7 Å². The molecule has 0 saturated heterocycles. The van der Waals surface area contributed by atoms with E-state index < -0.39 is 6.04 Å². The smallest absolute Gasteiger partial charge is 0.244 e. The van der Waals surface area contributed by atoms with Gasteiger partial charge in [0.25, 0.3) is 0 Å². The zero-order valence-electron chi connectivity index (χ0n) is 10.3. The van der Waals surface area contributed by atoms with Gasteiger partial charge in [-0.3, -0.25) is 4.79 Å². The van der Waals surface area contributed by atoms with E-state index in [0.29, 0.717) is 6.54 Å². The van der Waals surface area contributed by atoms with Crippen LogP contribution in [0.2, 0.25) is 0 Å². The number of rotatable bonds is 5. The third-order valence-electron chi connectivity index (χ3n) is 2.67. The second-order valence-electron chi connectivity index (χ2n) is 4.24. The van der Waals surface area contributed by atoms with E-state index in [0.717, 1.165) is 5.56 Å². The molecule has 0 radical (unpaired) electrons. The number of carbonyl (C=O) groups is 1. The maximum Gasteiger partial charge on any atom is 0.244 e. The molecule has 1 amide bonds. The average molecular weight is 236 g/mol. The minimum atomic E-state index is -0.662. The van der Waals surface area contributed by atoms with Gasteiger partial charge in [-0.05, 0) is 19.4 Å². The molecule has 94 valence electrons. The van der Waals surface area contributed by atoms with Gasteiger partial charge in [-0.1, -0.05) is 30.3 Å². The Morgan fingerprint density at radius 3 is 2.41 bits per heavy atom. The van der Waals surface area contributed by atoms with Gasteiger partial charge in [0.15, 0.2) is 0 Å². The van der Waals surface area contributed by atoms with Crippen LogP contribution in [0.25, 0.3) is 0 Å². The number of nitrogens with zero attached hydrogens (tertiary/aromatic N) is 1. The summed E-state index contributed by atoms with van der Waals surface area (Å²) >= 11 is 0.